The zero-order chi connectivity index (χ0) is 17.5. The maximum atomic E-state index is 12.0. The summed E-state index contributed by atoms with van der Waals surface area (Å²) in [5, 5.41) is 6.44. The monoisotopic (exact) mass is 351 g/mol. The van der Waals surface area contributed by atoms with Crippen LogP contribution in [0.4, 0.5) is 10.5 Å². The van der Waals surface area contributed by atoms with Gasteiger partial charge in [-0.25, -0.2) is 4.79 Å². The molecule has 0 heterocycles. The molecular formula is C18H26ClN3O2. The van der Waals surface area contributed by atoms with Crippen LogP contribution in [0.25, 0.3) is 0 Å². The summed E-state index contributed by atoms with van der Waals surface area (Å²) in [6, 6.07) is 5.58. The van der Waals surface area contributed by atoms with Crippen molar-refractivity contribution in [1.29, 1.82) is 0 Å². The highest BCUT2D eigenvalue weighted by molar-refractivity contribution is 6.31. The summed E-state index contributed by atoms with van der Waals surface area (Å²) in [5.41, 5.74) is 1.76. The second-order valence-electron chi connectivity index (χ2n) is 6.34. The third-order valence-corrected chi connectivity index (χ3v) is 4.64. The fourth-order valence-corrected chi connectivity index (χ4v) is 3.25. The molecule has 1 aliphatic carbocycles. The van der Waals surface area contributed by atoms with Crippen LogP contribution in [0, 0.1) is 6.92 Å². The predicted molar refractivity (Wildman–Crippen MR) is 97.6 cm³/mol. The number of amides is 3. The molecule has 0 aromatic heterocycles. The topological polar surface area (TPSA) is 61.4 Å². The number of aryl methyl sites for hydroxylation is 1. The molecule has 0 spiro atoms. The van der Waals surface area contributed by atoms with Gasteiger partial charge in [0.15, 0.2) is 0 Å². The zero-order valence-corrected chi connectivity index (χ0v) is 15.2. The second kappa shape index (κ2) is 8.92. The molecule has 1 fully saturated rings. The van der Waals surface area contributed by atoms with Crippen molar-refractivity contribution >= 4 is 29.2 Å². The largest absolute Gasteiger partial charge is 0.336 e. The Hall–Kier alpha value is -1.75. The number of benzene rings is 1. The van der Waals surface area contributed by atoms with Crippen LogP contribution in [0.2, 0.25) is 5.02 Å². The Labute approximate surface area is 148 Å². The summed E-state index contributed by atoms with van der Waals surface area (Å²) in [7, 11) is 0. The molecule has 2 N–H and O–H groups in total. The highest BCUT2D eigenvalue weighted by Gasteiger charge is 2.17. The summed E-state index contributed by atoms with van der Waals surface area (Å²) < 4.78 is 0. The van der Waals surface area contributed by atoms with Crippen LogP contribution < -0.4 is 15.5 Å². The molecule has 1 saturated carbocycles. The number of urea groups is 1. The van der Waals surface area contributed by atoms with E-state index in [1.54, 1.807) is 17.0 Å². The Morgan fingerprint density at radius 3 is 2.62 bits per heavy atom. The van der Waals surface area contributed by atoms with E-state index in [2.05, 4.69) is 10.6 Å². The molecule has 1 aromatic rings. The smallest absolute Gasteiger partial charge is 0.315 e. The van der Waals surface area contributed by atoms with Gasteiger partial charge in [-0.05, 0) is 37.5 Å². The van der Waals surface area contributed by atoms with E-state index in [4.69, 9.17) is 11.6 Å². The summed E-state index contributed by atoms with van der Waals surface area (Å²) >= 11 is 6.04. The van der Waals surface area contributed by atoms with E-state index in [9.17, 15) is 9.59 Å². The van der Waals surface area contributed by atoms with Crippen LogP contribution in [0.3, 0.4) is 0 Å². The lowest BCUT2D eigenvalue weighted by Crippen LogP contribution is -2.45. The fraction of sp³-hybridized carbons (Fsp3) is 0.556. The Morgan fingerprint density at radius 2 is 1.96 bits per heavy atom. The predicted octanol–water partition coefficient (Wildman–Crippen LogP) is 3.63. The first kappa shape index (κ1) is 18.6. The minimum Gasteiger partial charge on any atom is -0.336 e. The molecule has 0 bridgehead atoms. The molecule has 0 atom stereocenters. The van der Waals surface area contributed by atoms with Crippen molar-refractivity contribution in [2.24, 2.45) is 0 Å². The number of rotatable bonds is 5. The van der Waals surface area contributed by atoms with Gasteiger partial charge in [0, 0.05) is 36.8 Å². The summed E-state index contributed by atoms with van der Waals surface area (Å²) in [4.78, 5) is 25.6. The van der Waals surface area contributed by atoms with E-state index >= 15 is 0 Å². The van der Waals surface area contributed by atoms with E-state index in [0.29, 0.717) is 18.1 Å². The van der Waals surface area contributed by atoms with Crippen molar-refractivity contribution in [2.75, 3.05) is 18.0 Å². The molecule has 0 radical (unpaired) electrons. The minimum atomic E-state index is -0.159. The Morgan fingerprint density at radius 1 is 1.25 bits per heavy atom. The maximum Gasteiger partial charge on any atom is 0.315 e. The van der Waals surface area contributed by atoms with Crippen LogP contribution in [0.1, 0.15) is 44.6 Å². The first-order valence-electron chi connectivity index (χ1n) is 8.56. The molecule has 2 rings (SSSR count). The first-order chi connectivity index (χ1) is 11.5. The van der Waals surface area contributed by atoms with Crippen LogP contribution >= 0.6 is 11.6 Å². The average molecular weight is 352 g/mol. The van der Waals surface area contributed by atoms with E-state index in [0.717, 1.165) is 24.1 Å². The number of carbonyl (C=O) groups is 2. The lowest BCUT2D eigenvalue weighted by Gasteiger charge is -2.25. The SMILES string of the molecule is CC(=O)N(CCNC(=O)NC1CCCCC1)c1cc(Cl)ccc1C. The number of nitrogens with zero attached hydrogens (tertiary/aromatic N) is 1. The van der Waals surface area contributed by atoms with E-state index in [1.165, 1.54) is 26.2 Å². The van der Waals surface area contributed by atoms with Crippen LogP contribution in [0.15, 0.2) is 18.2 Å². The molecule has 5 nitrogen and oxygen atoms in total. The van der Waals surface area contributed by atoms with Crippen molar-refractivity contribution in [1.82, 2.24) is 10.6 Å². The highest BCUT2D eigenvalue weighted by Crippen LogP contribution is 2.24. The number of anilines is 1. The lowest BCUT2D eigenvalue weighted by atomic mass is 9.96. The standard InChI is InChI=1S/C18H26ClN3O2/c1-13-8-9-15(19)12-17(13)22(14(2)23)11-10-20-18(24)21-16-6-4-3-5-7-16/h8-9,12,16H,3-7,10-11H2,1-2H3,(H2,20,21,24). The summed E-state index contributed by atoms with van der Waals surface area (Å²) in [5.74, 6) is -0.0742. The van der Waals surface area contributed by atoms with Gasteiger partial charge < -0.3 is 15.5 Å². The summed E-state index contributed by atoms with van der Waals surface area (Å²) in [6.45, 7) is 4.26. The van der Waals surface area contributed by atoms with Crippen molar-refractivity contribution in [3.63, 3.8) is 0 Å². The van der Waals surface area contributed by atoms with E-state index < -0.39 is 0 Å². The van der Waals surface area contributed by atoms with Gasteiger partial charge in [-0.1, -0.05) is 36.9 Å². The molecule has 1 aromatic carbocycles. The first-order valence-corrected chi connectivity index (χ1v) is 8.94. The van der Waals surface area contributed by atoms with Gasteiger partial charge in [0.05, 0.1) is 0 Å². The molecular weight excluding hydrogens is 326 g/mol. The molecule has 1 aliphatic rings. The van der Waals surface area contributed by atoms with E-state index in [-0.39, 0.29) is 18.0 Å². The van der Waals surface area contributed by atoms with Gasteiger partial charge in [-0.15, -0.1) is 0 Å². The number of carbonyl (C=O) groups excluding carboxylic acids is 2. The van der Waals surface area contributed by atoms with Crippen LogP contribution in [-0.2, 0) is 4.79 Å². The quantitative estimate of drug-likeness (QED) is 0.850. The third kappa shape index (κ3) is 5.41. The van der Waals surface area contributed by atoms with Gasteiger partial charge >= 0.3 is 6.03 Å². The number of hydrogen-bond donors (Lipinski definition) is 2. The molecule has 0 unspecified atom stereocenters. The van der Waals surface area contributed by atoms with Crippen molar-refractivity contribution in [2.45, 2.75) is 52.0 Å². The van der Waals surface area contributed by atoms with E-state index in [1.807, 2.05) is 13.0 Å². The van der Waals surface area contributed by atoms with Gasteiger partial charge in [0.2, 0.25) is 5.91 Å². The van der Waals surface area contributed by atoms with Crippen LogP contribution in [0.5, 0.6) is 0 Å². The second-order valence-corrected chi connectivity index (χ2v) is 6.77. The minimum absolute atomic E-state index is 0.0742. The molecule has 132 valence electrons. The molecule has 24 heavy (non-hydrogen) atoms. The number of nitrogens with one attached hydrogen (secondary N) is 2. The zero-order valence-electron chi connectivity index (χ0n) is 14.4. The Bertz CT molecular complexity index is 586. The molecule has 0 saturated heterocycles. The number of halogens is 1. The summed E-state index contributed by atoms with van der Waals surface area (Å²) in [6.07, 6.45) is 5.71. The Balaban J connectivity index is 1.86. The van der Waals surface area contributed by atoms with Gasteiger partial charge in [-0.3, -0.25) is 4.79 Å². The van der Waals surface area contributed by atoms with Crippen LogP contribution in [-0.4, -0.2) is 31.1 Å². The average Bonchev–Trinajstić information content (AvgIpc) is 2.55. The van der Waals surface area contributed by atoms with Gasteiger partial charge in [-0.2, -0.15) is 0 Å². The maximum absolute atomic E-state index is 12.0. The molecule has 0 aliphatic heterocycles. The number of hydrogen-bond acceptors (Lipinski definition) is 2. The normalized spacial score (nSPS) is 15.0. The molecule has 6 heteroatoms. The fourth-order valence-electron chi connectivity index (χ4n) is 3.09. The van der Waals surface area contributed by atoms with Crippen molar-refractivity contribution in [3.8, 4) is 0 Å². The lowest BCUT2D eigenvalue weighted by molar-refractivity contribution is -0.116. The Kier molecular flexibility index (Phi) is 6.91. The van der Waals surface area contributed by atoms with Gasteiger partial charge in [0.1, 0.15) is 0 Å². The van der Waals surface area contributed by atoms with Crippen molar-refractivity contribution < 1.29 is 9.59 Å². The third-order valence-electron chi connectivity index (χ3n) is 4.40. The highest BCUT2D eigenvalue weighted by atomic mass is 35.5. The molecule has 3 amide bonds. The van der Waals surface area contributed by atoms with Crippen molar-refractivity contribution in [3.05, 3.63) is 28.8 Å². The van der Waals surface area contributed by atoms with Gasteiger partial charge in [0.25, 0.3) is 0 Å².